The van der Waals surface area contributed by atoms with Gasteiger partial charge in [0.05, 0.1) is 0 Å². The van der Waals surface area contributed by atoms with E-state index < -0.39 is 11.5 Å². The van der Waals surface area contributed by atoms with Crippen LogP contribution >= 0.6 is 0 Å². The molecule has 2 aliphatic rings. The van der Waals surface area contributed by atoms with Crippen molar-refractivity contribution in [2.75, 3.05) is 19.6 Å². The van der Waals surface area contributed by atoms with Crippen LogP contribution in [-0.4, -0.2) is 47.2 Å². The van der Waals surface area contributed by atoms with Crippen molar-refractivity contribution >= 4 is 5.97 Å². The first-order valence-electron chi connectivity index (χ1n) is 8.28. The van der Waals surface area contributed by atoms with Crippen LogP contribution in [-0.2, 0) is 4.79 Å². The molecule has 0 radical (unpaired) electrons. The maximum absolute atomic E-state index is 12.0. The Morgan fingerprint density at radius 2 is 1.75 bits per heavy atom. The summed E-state index contributed by atoms with van der Waals surface area (Å²) in [4.78, 5) is 14.4. The molecule has 1 aliphatic heterocycles. The van der Waals surface area contributed by atoms with Gasteiger partial charge in [-0.2, -0.15) is 0 Å². The largest absolute Gasteiger partial charge is 0.480 e. The number of nitrogens with one attached hydrogen (secondary N) is 1. The van der Waals surface area contributed by atoms with Crippen LogP contribution in [0, 0.1) is 5.92 Å². The van der Waals surface area contributed by atoms with Gasteiger partial charge in [-0.1, -0.05) is 19.3 Å². The molecule has 20 heavy (non-hydrogen) atoms. The molecular formula is C16H30N2O2. The van der Waals surface area contributed by atoms with Crippen molar-refractivity contribution in [3.63, 3.8) is 0 Å². The summed E-state index contributed by atoms with van der Waals surface area (Å²) in [5, 5.41) is 13.2. The number of carboxylic acids is 1. The van der Waals surface area contributed by atoms with Crippen LogP contribution in [0.15, 0.2) is 0 Å². The molecular weight excluding hydrogens is 252 g/mol. The minimum absolute atomic E-state index is 0.210. The molecule has 0 bridgehead atoms. The van der Waals surface area contributed by atoms with Gasteiger partial charge in [-0.05, 0) is 58.5 Å². The molecule has 1 unspecified atom stereocenters. The van der Waals surface area contributed by atoms with Crippen molar-refractivity contribution in [3.8, 4) is 0 Å². The first-order valence-corrected chi connectivity index (χ1v) is 8.28. The van der Waals surface area contributed by atoms with E-state index in [1.54, 1.807) is 0 Å². The molecule has 1 saturated heterocycles. The third-order valence-corrected chi connectivity index (χ3v) is 4.62. The smallest absolute Gasteiger partial charge is 0.325 e. The van der Waals surface area contributed by atoms with Gasteiger partial charge in [0.15, 0.2) is 0 Å². The van der Waals surface area contributed by atoms with E-state index in [2.05, 4.69) is 10.2 Å². The number of likely N-dealkylation sites (tertiary alicyclic amines) is 1. The SMILES string of the molecule is CC(C)NC(CN1CCCCCCC1)(C(=O)O)C1CC1. The Hall–Kier alpha value is -0.610. The zero-order valence-electron chi connectivity index (χ0n) is 13.0. The second kappa shape index (κ2) is 6.90. The van der Waals surface area contributed by atoms with Gasteiger partial charge in [-0.25, -0.2) is 0 Å². The number of carbonyl (C=O) groups is 1. The zero-order chi connectivity index (χ0) is 14.6. The Kier molecular flexibility index (Phi) is 5.44. The summed E-state index contributed by atoms with van der Waals surface area (Å²) in [5.41, 5.74) is -0.729. The van der Waals surface area contributed by atoms with Crippen molar-refractivity contribution in [1.29, 1.82) is 0 Å². The predicted molar refractivity (Wildman–Crippen MR) is 80.9 cm³/mol. The van der Waals surface area contributed by atoms with Gasteiger partial charge in [0.2, 0.25) is 0 Å². The third kappa shape index (κ3) is 3.95. The van der Waals surface area contributed by atoms with Crippen LogP contribution in [0.5, 0.6) is 0 Å². The van der Waals surface area contributed by atoms with E-state index in [0.29, 0.717) is 12.5 Å². The Bertz CT molecular complexity index is 320. The van der Waals surface area contributed by atoms with Crippen molar-refractivity contribution < 1.29 is 9.90 Å². The lowest BCUT2D eigenvalue weighted by Crippen LogP contribution is -2.62. The predicted octanol–water partition coefficient (Wildman–Crippen LogP) is 2.48. The van der Waals surface area contributed by atoms with E-state index in [1.165, 1.54) is 32.1 Å². The van der Waals surface area contributed by atoms with E-state index in [9.17, 15) is 9.90 Å². The third-order valence-electron chi connectivity index (χ3n) is 4.62. The minimum Gasteiger partial charge on any atom is -0.480 e. The number of carboxylic acid groups (broad SMARTS) is 1. The van der Waals surface area contributed by atoms with Crippen molar-refractivity contribution in [3.05, 3.63) is 0 Å². The molecule has 1 aliphatic carbocycles. The molecule has 2 fully saturated rings. The van der Waals surface area contributed by atoms with Crippen LogP contribution in [0.3, 0.4) is 0 Å². The second-order valence-corrected chi connectivity index (χ2v) is 6.89. The maximum Gasteiger partial charge on any atom is 0.325 e. The fourth-order valence-corrected chi connectivity index (χ4v) is 3.51. The fraction of sp³-hybridized carbons (Fsp3) is 0.938. The highest BCUT2D eigenvalue weighted by atomic mass is 16.4. The lowest BCUT2D eigenvalue weighted by Gasteiger charge is -2.38. The Morgan fingerprint density at radius 1 is 1.20 bits per heavy atom. The van der Waals surface area contributed by atoms with Crippen LogP contribution in [0.1, 0.15) is 58.8 Å². The summed E-state index contributed by atoms with van der Waals surface area (Å²) >= 11 is 0. The van der Waals surface area contributed by atoms with E-state index in [4.69, 9.17) is 0 Å². The molecule has 0 amide bonds. The highest BCUT2D eigenvalue weighted by Crippen LogP contribution is 2.41. The number of hydrogen-bond donors (Lipinski definition) is 2. The molecule has 0 aromatic heterocycles. The summed E-state index contributed by atoms with van der Waals surface area (Å²) in [6.07, 6.45) is 8.45. The monoisotopic (exact) mass is 282 g/mol. The van der Waals surface area contributed by atoms with Gasteiger partial charge in [-0.15, -0.1) is 0 Å². The highest BCUT2D eigenvalue weighted by Gasteiger charge is 2.52. The quantitative estimate of drug-likeness (QED) is 0.786. The lowest BCUT2D eigenvalue weighted by molar-refractivity contribution is -0.147. The topological polar surface area (TPSA) is 52.6 Å². The van der Waals surface area contributed by atoms with Gasteiger partial charge in [0.25, 0.3) is 0 Å². The first kappa shape index (κ1) is 15.8. The van der Waals surface area contributed by atoms with Gasteiger partial charge in [0, 0.05) is 12.6 Å². The molecule has 0 aromatic carbocycles. The summed E-state index contributed by atoms with van der Waals surface area (Å²) in [7, 11) is 0. The standard InChI is InChI=1S/C16H30N2O2/c1-13(2)17-16(15(19)20,14-8-9-14)12-18-10-6-4-3-5-7-11-18/h13-14,17H,3-12H2,1-2H3,(H,19,20). The molecule has 2 rings (SSSR count). The number of aliphatic carboxylic acids is 1. The first-order chi connectivity index (χ1) is 9.54. The minimum atomic E-state index is -0.729. The summed E-state index contributed by atoms with van der Waals surface area (Å²) < 4.78 is 0. The fourth-order valence-electron chi connectivity index (χ4n) is 3.51. The van der Waals surface area contributed by atoms with E-state index in [1.807, 2.05) is 13.8 Å². The Balaban J connectivity index is 2.06. The van der Waals surface area contributed by atoms with Crippen molar-refractivity contribution in [1.82, 2.24) is 10.2 Å². The van der Waals surface area contributed by atoms with Gasteiger partial charge in [-0.3, -0.25) is 10.1 Å². The molecule has 116 valence electrons. The molecule has 1 saturated carbocycles. The van der Waals surface area contributed by atoms with E-state index in [-0.39, 0.29) is 6.04 Å². The van der Waals surface area contributed by atoms with Crippen molar-refractivity contribution in [2.45, 2.75) is 70.4 Å². The number of nitrogens with zero attached hydrogens (tertiary/aromatic N) is 1. The molecule has 1 atom stereocenters. The van der Waals surface area contributed by atoms with E-state index in [0.717, 1.165) is 25.9 Å². The molecule has 4 nitrogen and oxygen atoms in total. The average Bonchev–Trinajstić information content (AvgIpc) is 3.14. The summed E-state index contributed by atoms with van der Waals surface area (Å²) in [6.45, 7) is 6.88. The van der Waals surface area contributed by atoms with Gasteiger partial charge < -0.3 is 10.0 Å². The zero-order valence-corrected chi connectivity index (χ0v) is 13.0. The lowest BCUT2D eigenvalue weighted by atomic mass is 9.90. The summed E-state index contributed by atoms with van der Waals surface area (Å²) in [6, 6.07) is 0.210. The van der Waals surface area contributed by atoms with E-state index >= 15 is 0 Å². The van der Waals surface area contributed by atoms with Crippen LogP contribution in [0.25, 0.3) is 0 Å². The molecule has 2 N–H and O–H groups in total. The number of hydrogen-bond acceptors (Lipinski definition) is 3. The number of rotatable bonds is 6. The van der Waals surface area contributed by atoms with Crippen LogP contribution in [0.4, 0.5) is 0 Å². The normalized spacial score (nSPS) is 24.9. The molecule has 0 aromatic rings. The molecule has 1 heterocycles. The second-order valence-electron chi connectivity index (χ2n) is 6.89. The highest BCUT2D eigenvalue weighted by molar-refractivity contribution is 5.80. The molecule has 4 heteroatoms. The van der Waals surface area contributed by atoms with Gasteiger partial charge >= 0.3 is 5.97 Å². The Labute approximate surface area is 122 Å². The van der Waals surface area contributed by atoms with Gasteiger partial charge in [0.1, 0.15) is 5.54 Å². The van der Waals surface area contributed by atoms with Crippen molar-refractivity contribution in [2.24, 2.45) is 5.92 Å². The average molecular weight is 282 g/mol. The molecule has 0 spiro atoms. The van der Waals surface area contributed by atoms with Crippen LogP contribution in [0.2, 0.25) is 0 Å². The maximum atomic E-state index is 12.0. The summed E-state index contributed by atoms with van der Waals surface area (Å²) in [5.74, 6) is -0.344. The Morgan fingerprint density at radius 3 is 2.20 bits per heavy atom. The van der Waals surface area contributed by atoms with Crippen LogP contribution < -0.4 is 5.32 Å².